The third kappa shape index (κ3) is 2.03. The molecule has 5 nitrogen and oxygen atoms in total. The van der Waals surface area contributed by atoms with Crippen LogP contribution in [0, 0.1) is 5.41 Å². The van der Waals surface area contributed by atoms with E-state index in [1.165, 1.54) is 0 Å². The minimum Gasteiger partial charge on any atom is -0.378 e. The lowest BCUT2D eigenvalue weighted by molar-refractivity contribution is -0.182. The molecule has 0 aromatic carbocycles. The van der Waals surface area contributed by atoms with Gasteiger partial charge in [-0.1, -0.05) is 13.8 Å². The zero-order valence-corrected chi connectivity index (χ0v) is 11.4. The first-order valence-electron chi connectivity index (χ1n) is 6.21. The van der Waals surface area contributed by atoms with Crippen LogP contribution >= 0.6 is 0 Å². The molecule has 5 heteroatoms. The van der Waals surface area contributed by atoms with Gasteiger partial charge in [0.25, 0.3) is 0 Å². The molecular weight excluding hydrogens is 230 g/mol. The summed E-state index contributed by atoms with van der Waals surface area (Å²) in [5.41, 5.74) is -0.210. The predicted molar refractivity (Wildman–Crippen MR) is 68.0 cm³/mol. The van der Waals surface area contributed by atoms with Crippen LogP contribution in [0.15, 0.2) is 18.5 Å². The number of ether oxygens (including phenoxy) is 1. The Morgan fingerprint density at radius 3 is 2.78 bits per heavy atom. The first kappa shape index (κ1) is 13.1. The zero-order chi connectivity index (χ0) is 13.4. The molecular formula is C13H21N3O2. The Kier molecular flexibility index (Phi) is 3.19. The number of carbonyl (C=O) groups excluding carboxylic acids is 1. The van der Waals surface area contributed by atoms with Gasteiger partial charge in [0.15, 0.2) is 0 Å². The van der Waals surface area contributed by atoms with Crippen LogP contribution in [0.2, 0.25) is 0 Å². The van der Waals surface area contributed by atoms with E-state index in [1.54, 1.807) is 24.2 Å². The number of rotatable bonds is 4. The molecule has 1 N–H and O–H groups in total. The second-order valence-electron chi connectivity index (χ2n) is 5.68. The van der Waals surface area contributed by atoms with Gasteiger partial charge in [-0.15, -0.1) is 0 Å². The van der Waals surface area contributed by atoms with Gasteiger partial charge in [-0.05, 0) is 19.4 Å². The van der Waals surface area contributed by atoms with Crippen molar-refractivity contribution in [1.82, 2.24) is 15.1 Å². The lowest BCUT2D eigenvalue weighted by atomic mass is 9.56. The van der Waals surface area contributed by atoms with Gasteiger partial charge < -0.3 is 10.1 Å². The SMILES string of the molecule is CO[C@]1(C)C[C@H](NC(=O)Cn2cccn2)C1(C)C. The number of nitrogens with zero attached hydrogens (tertiary/aromatic N) is 2. The summed E-state index contributed by atoms with van der Waals surface area (Å²) in [5.74, 6) is -0.00470. The first-order valence-corrected chi connectivity index (χ1v) is 6.21. The molecule has 1 aromatic rings. The molecule has 18 heavy (non-hydrogen) atoms. The van der Waals surface area contributed by atoms with Crippen LogP contribution < -0.4 is 5.32 Å². The second kappa shape index (κ2) is 4.39. The molecule has 1 amide bonds. The van der Waals surface area contributed by atoms with Gasteiger partial charge in [-0.3, -0.25) is 9.48 Å². The van der Waals surface area contributed by atoms with Gasteiger partial charge in [0.05, 0.1) is 5.60 Å². The number of aromatic nitrogens is 2. The highest BCUT2D eigenvalue weighted by Crippen LogP contribution is 2.51. The topological polar surface area (TPSA) is 56.1 Å². The molecule has 0 radical (unpaired) electrons. The number of carbonyl (C=O) groups is 1. The van der Waals surface area contributed by atoms with E-state index in [4.69, 9.17) is 4.74 Å². The van der Waals surface area contributed by atoms with Gasteiger partial charge in [-0.25, -0.2) is 0 Å². The van der Waals surface area contributed by atoms with Crippen molar-refractivity contribution in [2.45, 2.75) is 45.4 Å². The molecule has 1 fully saturated rings. The highest BCUT2D eigenvalue weighted by Gasteiger charge is 2.58. The summed E-state index contributed by atoms with van der Waals surface area (Å²) in [7, 11) is 1.73. The van der Waals surface area contributed by atoms with Crippen LogP contribution in [0.1, 0.15) is 27.2 Å². The summed E-state index contributed by atoms with van der Waals surface area (Å²) in [6.45, 7) is 6.60. The van der Waals surface area contributed by atoms with Crippen molar-refractivity contribution in [3.63, 3.8) is 0 Å². The molecule has 1 aliphatic rings. The quantitative estimate of drug-likeness (QED) is 0.875. The van der Waals surface area contributed by atoms with Crippen molar-refractivity contribution in [3.8, 4) is 0 Å². The van der Waals surface area contributed by atoms with Crippen molar-refractivity contribution in [2.75, 3.05) is 7.11 Å². The van der Waals surface area contributed by atoms with Gasteiger partial charge >= 0.3 is 0 Å². The van der Waals surface area contributed by atoms with Crippen molar-refractivity contribution in [3.05, 3.63) is 18.5 Å². The second-order valence-corrected chi connectivity index (χ2v) is 5.68. The van der Waals surface area contributed by atoms with E-state index in [0.717, 1.165) is 6.42 Å². The lowest BCUT2D eigenvalue weighted by Gasteiger charge is -2.59. The van der Waals surface area contributed by atoms with E-state index in [9.17, 15) is 4.79 Å². The van der Waals surface area contributed by atoms with Gasteiger partial charge in [0, 0.05) is 31.0 Å². The van der Waals surface area contributed by atoms with E-state index < -0.39 is 0 Å². The summed E-state index contributed by atoms with van der Waals surface area (Å²) in [6.07, 6.45) is 4.30. The van der Waals surface area contributed by atoms with Gasteiger partial charge in [-0.2, -0.15) is 5.10 Å². The average Bonchev–Trinajstić information content (AvgIpc) is 2.80. The summed E-state index contributed by atoms with van der Waals surface area (Å²) in [5, 5.41) is 7.07. The minimum absolute atomic E-state index is 0.00470. The molecule has 1 heterocycles. The number of methoxy groups -OCH3 is 1. The maximum Gasteiger partial charge on any atom is 0.241 e. The largest absolute Gasteiger partial charge is 0.378 e. The number of amides is 1. The molecule has 1 aromatic heterocycles. The fourth-order valence-electron chi connectivity index (χ4n) is 2.50. The van der Waals surface area contributed by atoms with Crippen LogP contribution in [0.5, 0.6) is 0 Å². The molecule has 0 unspecified atom stereocenters. The van der Waals surface area contributed by atoms with Crippen LogP contribution in [0.25, 0.3) is 0 Å². The van der Waals surface area contributed by atoms with E-state index >= 15 is 0 Å². The molecule has 100 valence electrons. The summed E-state index contributed by atoms with van der Waals surface area (Å²) < 4.78 is 7.16. The molecule has 2 atom stereocenters. The van der Waals surface area contributed by atoms with Crippen molar-refractivity contribution >= 4 is 5.91 Å². The summed E-state index contributed by atoms with van der Waals surface area (Å²) in [4.78, 5) is 11.9. The standard InChI is InChI=1S/C13H21N3O2/c1-12(2)10(8-13(12,3)18-4)15-11(17)9-16-7-5-6-14-16/h5-7,10H,8-9H2,1-4H3,(H,15,17)/t10-,13+/m0/s1. The van der Waals surface area contributed by atoms with Crippen molar-refractivity contribution in [2.24, 2.45) is 5.41 Å². The molecule has 2 rings (SSSR count). The normalized spacial score (nSPS) is 29.7. The fraction of sp³-hybridized carbons (Fsp3) is 0.692. The molecule has 0 saturated heterocycles. The maximum atomic E-state index is 11.9. The van der Waals surface area contributed by atoms with Gasteiger partial charge in [0.1, 0.15) is 6.54 Å². The number of hydrogen-bond acceptors (Lipinski definition) is 3. The number of nitrogens with one attached hydrogen (secondary N) is 1. The van der Waals surface area contributed by atoms with Crippen LogP contribution in [0.4, 0.5) is 0 Å². The Hall–Kier alpha value is -1.36. The summed E-state index contributed by atoms with van der Waals surface area (Å²) in [6, 6.07) is 1.97. The Morgan fingerprint density at radius 2 is 2.28 bits per heavy atom. The molecule has 1 aliphatic carbocycles. The highest BCUT2D eigenvalue weighted by molar-refractivity contribution is 5.76. The Balaban J connectivity index is 1.90. The van der Waals surface area contributed by atoms with E-state index in [-0.39, 0.29) is 29.5 Å². The maximum absolute atomic E-state index is 11.9. The van der Waals surface area contributed by atoms with E-state index in [2.05, 4.69) is 31.2 Å². The fourth-order valence-corrected chi connectivity index (χ4v) is 2.50. The van der Waals surface area contributed by atoms with E-state index in [0.29, 0.717) is 0 Å². The van der Waals surface area contributed by atoms with Gasteiger partial charge in [0.2, 0.25) is 5.91 Å². The zero-order valence-electron chi connectivity index (χ0n) is 11.4. The minimum atomic E-state index is -0.156. The Labute approximate surface area is 108 Å². The molecule has 0 bridgehead atoms. The summed E-state index contributed by atoms with van der Waals surface area (Å²) >= 11 is 0. The Bertz CT molecular complexity index is 427. The smallest absolute Gasteiger partial charge is 0.241 e. The average molecular weight is 251 g/mol. The molecule has 0 spiro atoms. The third-order valence-corrected chi connectivity index (χ3v) is 4.48. The third-order valence-electron chi connectivity index (χ3n) is 4.48. The van der Waals surface area contributed by atoms with Crippen LogP contribution in [-0.4, -0.2) is 34.4 Å². The van der Waals surface area contributed by atoms with Crippen LogP contribution in [-0.2, 0) is 16.1 Å². The van der Waals surface area contributed by atoms with Crippen molar-refractivity contribution in [1.29, 1.82) is 0 Å². The first-order chi connectivity index (χ1) is 8.39. The molecule has 0 aliphatic heterocycles. The molecule has 1 saturated carbocycles. The predicted octanol–water partition coefficient (Wildman–Crippen LogP) is 1.20. The monoisotopic (exact) mass is 251 g/mol. The lowest BCUT2D eigenvalue weighted by Crippen LogP contribution is -2.68. The van der Waals surface area contributed by atoms with E-state index in [1.807, 2.05) is 6.07 Å². The number of hydrogen-bond donors (Lipinski definition) is 1. The van der Waals surface area contributed by atoms with Crippen LogP contribution in [0.3, 0.4) is 0 Å². The highest BCUT2D eigenvalue weighted by atomic mass is 16.5. The van der Waals surface area contributed by atoms with Crippen molar-refractivity contribution < 1.29 is 9.53 Å². The Morgan fingerprint density at radius 1 is 1.56 bits per heavy atom.